The Labute approximate surface area is 189 Å². The molecule has 3 aromatic rings. The molecule has 1 aliphatic heterocycles. The first-order chi connectivity index (χ1) is 15.3. The van der Waals surface area contributed by atoms with Crippen molar-refractivity contribution in [3.05, 3.63) is 88.7 Å². The number of amides is 3. The summed E-state index contributed by atoms with van der Waals surface area (Å²) in [5.41, 5.74) is 0.471. The number of urea groups is 1. The van der Waals surface area contributed by atoms with Crippen molar-refractivity contribution in [2.75, 3.05) is 11.9 Å². The highest BCUT2D eigenvalue weighted by molar-refractivity contribution is 6.35. The van der Waals surface area contributed by atoms with E-state index in [1.54, 1.807) is 63.0 Å². The van der Waals surface area contributed by atoms with Crippen molar-refractivity contribution in [3.8, 4) is 11.8 Å². The van der Waals surface area contributed by atoms with E-state index in [9.17, 15) is 9.59 Å². The Hall–Kier alpha value is -3.76. The van der Waals surface area contributed by atoms with E-state index in [1.165, 1.54) is 11.0 Å². The Morgan fingerprint density at radius 3 is 2.38 bits per heavy atom. The number of nitrogens with zero attached hydrogens (tertiary/aromatic N) is 4. The molecule has 1 aromatic carbocycles. The zero-order valence-corrected chi connectivity index (χ0v) is 18.1. The molecule has 1 unspecified atom stereocenters. The molecule has 4 rings (SSSR count). The average Bonchev–Trinajstić information content (AvgIpc) is 2.79. The second-order valence-electron chi connectivity index (χ2n) is 7.54. The van der Waals surface area contributed by atoms with Crippen molar-refractivity contribution >= 4 is 29.2 Å². The Kier molecular flexibility index (Phi) is 5.64. The fraction of sp³-hybridized carbons (Fsp3) is 0.167. The summed E-state index contributed by atoms with van der Waals surface area (Å²) in [6, 6.07) is 8.94. The molecule has 0 radical (unpaired) electrons. The van der Waals surface area contributed by atoms with E-state index in [2.05, 4.69) is 21.8 Å². The van der Waals surface area contributed by atoms with Crippen molar-refractivity contribution in [2.24, 2.45) is 0 Å². The lowest BCUT2D eigenvalue weighted by molar-refractivity contribution is -0.122. The van der Waals surface area contributed by atoms with Crippen LogP contribution in [-0.4, -0.2) is 33.9 Å². The quantitative estimate of drug-likeness (QED) is 0.546. The second-order valence-corrected chi connectivity index (χ2v) is 7.95. The maximum Gasteiger partial charge on any atom is 0.331 e. The average molecular weight is 449 g/mol. The minimum Gasteiger partial charge on any atom is -0.317 e. The van der Waals surface area contributed by atoms with Crippen molar-refractivity contribution in [2.45, 2.75) is 18.9 Å². The molecule has 2 aromatic heterocycles. The summed E-state index contributed by atoms with van der Waals surface area (Å²) in [5, 5.41) is -0.0828. The summed E-state index contributed by atoms with van der Waals surface area (Å²) < 4.78 is 15.1. The molecule has 3 amide bonds. The minimum absolute atomic E-state index is 0.0563. The lowest BCUT2D eigenvalue weighted by atomic mass is 9.86. The van der Waals surface area contributed by atoms with Gasteiger partial charge in [-0.1, -0.05) is 29.5 Å². The summed E-state index contributed by atoms with van der Waals surface area (Å²) >= 11 is 6.32. The van der Waals surface area contributed by atoms with E-state index < -0.39 is 23.3 Å². The maximum atomic E-state index is 15.1. The van der Waals surface area contributed by atoms with Gasteiger partial charge in [-0.3, -0.25) is 14.8 Å². The minimum atomic E-state index is -0.920. The maximum absolute atomic E-state index is 15.1. The lowest BCUT2D eigenvalue weighted by Gasteiger charge is -2.45. The zero-order valence-electron chi connectivity index (χ0n) is 17.3. The summed E-state index contributed by atoms with van der Waals surface area (Å²) in [4.78, 5) is 36.5. The third-order valence-electron chi connectivity index (χ3n) is 5.50. The van der Waals surface area contributed by atoms with E-state index in [4.69, 9.17) is 11.6 Å². The molecule has 0 spiro atoms. The molecule has 1 saturated heterocycles. The molecule has 32 heavy (non-hydrogen) atoms. The van der Waals surface area contributed by atoms with Gasteiger partial charge in [0.15, 0.2) is 0 Å². The van der Waals surface area contributed by atoms with Gasteiger partial charge in [-0.25, -0.2) is 14.1 Å². The van der Waals surface area contributed by atoms with Crippen LogP contribution in [0.2, 0.25) is 5.02 Å². The topological polar surface area (TPSA) is 66.4 Å². The number of pyridine rings is 2. The third-order valence-corrected chi connectivity index (χ3v) is 5.79. The predicted octanol–water partition coefficient (Wildman–Crippen LogP) is 4.37. The summed E-state index contributed by atoms with van der Waals surface area (Å²) in [6.07, 6.45) is 6.37. The van der Waals surface area contributed by atoms with Crippen LogP contribution in [0.3, 0.4) is 0 Å². The standard InChI is InChI=1S/C24H18ClFN4O2/c1-24(18-6-4-10-28-15-18)13-21(31)30(23(32)29(24)2)22-19(25)11-17(12-20(22)26)8-7-16-5-3-9-27-14-16/h3-6,9-12,14-15H,13H2,1-2H3. The van der Waals surface area contributed by atoms with Crippen molar-refractivity contribution in [3.63, 3.8) is 0 Å². The van der Waals surface area contributed by atoms with Gasteiger partial charge in [0.05, 0.1) is 17.0 Å². The Morgan fingerprint density at radius 2 is 1.75 bits per heavy atom. The molecule has 1 atom stereocenters. The van der Waals surface area contributed by atoms with Crippen LogP contribution in [0.1, 0.15) is 30.0 Å². The molecule has 0 aliphatic carbocycles. The van der Waals surface area contributed by atoms with Gasteiger partial charge < -0.3 is 4.90 Å². The Bertz CT molecular complexity index is 1230. The molecule has 0 N–H and O–H groups in total. The number of carbonyl (C=O) groups excluding carboxylic acids is 2. The fourth-order valence-electron chi connectivity index (χ4n) is 3.59. The smallest absolute Gasteiger partial charge is 0.317 e. The molecule has 3 heterocycles. The van der Waals surface area contributed by atoms with Crippen LogP contribution < -0.4 is 4.90 Å². The number of rotatable bonds is 2. The van der Waals surface area contributed by atoms with Crippen LogP contribution in [0.25, 0.3) is 0 Å². The molecular weight excluding hydrogens is 431 g/mol. The van der Waals surface area contributed by atoms with Gasteiger partial charge in [-0.2, -0.15) is 0 Å². The van der Waals surface area contributed by atoms with E-state index >= 15 is 4.39 Å². The normalized spacial score (nSPS) is 18.4. The number of aromatic nitrogens is 2. The summed E-state index contributed by atoms with van der Waals surface area (Å²) in [7, 11) is 1.56. The van der Waals surface area contributed by atoms with E-state index in [1.807, 2.05) is 0 Å². The van der Waals surface area contributed by atoms with Gasteiger partial charge in [-0.05, 0) is 42.8 Å². The molecule has 6 nitrogen and oxygen atoms in total. The third kappa shape index (κ3) is 3.81. The van der Waals surface area contributed by atoms with Gasteiger partial charge in [0, 0.05) is 43.0 Å². The number of anilines is 1. The first kappa shape index (κ1) is 21.5. The zero-order chi connectivity index (χ0) is 22.9. The van der Waals surface area contributed by atoms with Gasteiger partial charge in [-0.15, -0.1) is 0 Å². The van der Waals surface area contributed by atoms with Gasteiger partial charge in [0.2, 0.25) is 5.91 Å². The molecule has 8 heteroatoms. The van der Waals surface area contributed by atoms with Crippen molar-refractivity contribution in [1.82, 2.24) is 14.9 Å². The molecule has 1 aliphatic rings. The fourth-order valence-corrected chi connectivity index (χ4v) is 3.88. The van der Waals surface area contributed by atoms with Crippen LogP contribution in [0.4, 0.5) is 14.9 Å². The second kappa shape index (κ2) is 8.40. The monoisotopic (exact) mass is 448 g/mol. The Morgan fingerprint density at radius 1 is 1.06 bits per heavy atom. The number of hydrogen-bond donors (Lipinski definition) is 0. The van der Waals surface area contributed by atoms with Crippen LogP contribution in [0.5, 0.6) is 0 Å². The van der Waals surface area contributed by atoms with Crippen LogP contribution in [0.15, 0.2) is 61.2 Å². The number of carbonyl (C=O) groups is 2. The van der Waals surface area contributed by atoms with Gasteiger partial charge in [0.1, 0.15) is 11.5 Å². The van der Waals surface area contributed by atoms with E-state index in [0.717, 1.165) is 11.0 Å². The number of imide groups is 1. The molecule has 1 fully saturated rings. The number of halogens is 2. The van der Waals surface area contributed by atoms with E-state index in [-0.39, 0.29) is 17.1 Å². The summed E-state index contributed by atoms with van der Waals surface area (Å²) in [6.45, 7) is 1.77. The first-order valence-electron chi connectivity index (χ1n) is 9.73. The molecular formula is C24H18ClFN4O2. The highest BCUT2D eigenvalue weighted by atomic mass is 35.5. The lowest BCUT2D eigenvalue weighted by Crippen LogP contribution is -2.60. The highest BCUT2D eigenvalue weighted by Gasteiger charge is 2.47. The van der Waals surface area contributed by atoms with Gasteiger partial charge >= 0.3 is 6.03 Å². The molecule has 160 valence electrons. The van der Waals surface area contributed by atoms with Crippen molar-refractivity contribution < 1.29 is 14.0 Å². The number of benzene rings is 1. The number of hydrogen-bond acceptors (Lipinski definition) is 4. The van der Waals surface area contributed by atoms with Crippen LogP contribution in [0, 0.1) is 17.7 Å². The summed E-state index contributed by atoms with van der Waals surface area (Å²) in [5.74, 6) is 4.31. The van der Waals surface area contributed by atoms with Crippen LogP contribution in [-0.2, 0) is 10.3 Å². The molecule has 0 saturated carbocycles. The highest BCUT2D eigenvalue weighted by Crippen LogP contribution is 2.40. The first-order valence-corrected chi connectivity index (χ1v) is 10.1. The Balaban J connectivity index is 1.68. The van der Waals surface area contributed by atoms with Gasteiger partial charge in [0.25, 0.3) is 0 Å². The largest absolute Gasteiger partial charge is 0.331 e. The van der Waals surface area contributed by atoms with Crippen LogP contribution >= 0.6 is 11.6 Å². The molecule has 0 bridgehead atoms. The van der Waals surface area contributed by atoms with Crippen molar-refractivity contribution in [1.29, 1.82) is 0 Å². The SMILES string of the molecule is CN1C(=O)N(c2c(F)cc(C#Cc3cccnc3)cc2Cl)C(=O)CC1(C)c1cccnc1. The van der Waals surface area contributed by atoms with E-state index in [0.29, 0.717) is 16.7 Å². The predicted molar refractivity (Wildman–Crippen MR) is 118 cm³/mol.